The van der Waals surface area contributed by atoms with Crippen molar-refractivity contribution in [3.63, 3.8) is 0 Å². The summed E-state index contributed by atoms with van der Waals surface area (Å²) < 4.78 is 39.8. The molecule has 34 heavy (non-hydrogen) atoms. The van der Waals surface area contributed by atoms with E-state index in [9.17, 15) is 22.8 Å². The number of carbonyl (C=O) groups excluding carboxylic acids is 2. The number of piperazine rings is 1. The van der Waals surface area contributed by atoms with Crippen LogP contribution in [0.4, 0.5) is 19.0 Å². The van der Waals surface area contributed by atoms with Crippen LogP contribution in [0.5, 0.6) is 0 Å². The summed E-state index contributed by atoms with van der Waals surface area (Å²) in [7, 11) is 0. The number of amides is 2. The maximum absolute atomic E-state index is 13.3. The summed E-state index contributed by atoms with van der Waals surface area (Å²) in [5, 5.41) is 11.0. The number of alkyl halides is 3. The molecule has 1 aromatic heterocycles. The number of benzene rings is 1. The number of halogens is 3. The van der Waals surface area contributed by atoms with E-state index in [1.54, 1.807) is 12.1 Å². The molecule has 1 N–H and O–H groups in total. The summed E-state index contributed by atoms with van der Waals surface area (Å²) in [6.45, 7) is 1.95. The summed E-state index contributed by atoms with van der Waals surface area (Å²) in [6.07, 6.45) is 1.42. The first-order valence-electron chi connectivity index (χ1n) is 11.7. The number of nitrogens with one attached hydrogen (secondary N) is 1. The summed E-state index contributed by atoms with van der Waals surface area (Å²) in [4.78, 5) is 28.3. The number of rotatable bonds is 7. The van der Waals surface area contributed by atoms with Crippen LogP contribution in [0.2, 0.25) is 0 Å². The molecule has 10 heteroatoms. The van der Waals surface area contributed by atoms with Crippen LogP contribution in [-0.4, -0.2) is 59.6 Å². The molecule has 0 unspecified atom stereocenters. The standard InChI is InChI=1S/C24H28F3N5O2/c25-24(26,27)19-9-2-1-8-18(19)23(34)32-15-13-31(14-16-32)21-11-10-20(29-30-21)22(33)28-12-4-7-17-5-3-6-17/h1-2,8-11,17H,3-7,12-16H2,(H,28,33). The van der Waals surface area contributed by atoms with Gasteiger partial charge >= 0.3 is 6.18 Å². The quantitative estimate of drug-likeness (QED) is 0.617. The molecule has 1 aliphatic heterocycles. The molecule has 0 bridgehead atoms. The predicted molar refractivity (Wildman–Crippen MR) is 121 cm³/mol. The van der Waals surface area contributed by atoms with Crippen molar-refractivity contribution in [1.29, 1.82) is 0 Å². The van der Waals surface area contributed by atoms with Crippen molar-refractivity contribution >= 4 is 17.6 Å². The molecule has 1 saturated heterocycles. The first-order valence-corrected chi connectivity index (χ1v) is 11.7. The average molecular weight is 476 g/mol. The second kappa shape index (κ2) is 10.4. The second-order valence-corrected chi connectivity index (χ2v) is 8.79. The van der Waals surface area contributed by atoms with Crippen LogP contribution in [0.15, 0.2) is 36.4 Å². The molecule has 0 spiro atoms. The van der Waals surface area contributed by atoms with E-state index in [1.165, 1.54) is 42.4 Å². The van der Waals surface area contributed by atoms with Crippen LogP contribution >= 0.6 is 0 Å². The highest BCUT2D eigenvalue weighted by Crippen LogP contribution is 2.32. The molecule has 1 aromatic carbocycles. The average Bonchev–Trinajstić information content (AvgIpc) is 2.82. The van der Waals surface area contributed by atoms with Gasteiger partial charge in [-0.3, -0.25) is 9.59 Å². The maximum atomic E-state index is 13.3. The van der Waals surface area contributed by atoms with E-state index in [0.717, 1.165) is 24.8 Å². The third-order valence-corrected chi connectivity index (χ3v) is 6.54. The zero-order chi connectivity index (χ0) is 24.1. The van der Waals surface area contributed by atoms with Gasteiger partial charge in [0.05, 0.1) is 11.1 Å². The normalized spacial score (nSPS) is 16.8. The Balaban J connectivity index is 1.28. The van der Waals surface area contributed by atoms with Crippen LogP contribution < -0.4 is 10.2 Å². The number of hydrogen-bond donors (Lipinski definition) is 1. The largest absolute Gasteiger partial charge is 0.417 e. The van der Waals surface area contributed by atoms with E-state index < -0.39 is 17.6 Å². The highest BCUT2D eigenvalue weighted by atomic mass is 19.4. The van der Waals surface area contributed by atoms with Gasteiger partial charge in [-0.2, -0.15) is 13.2 Å². The lowest BCUT2D eigenvalue weighted by Gasteiger charge is -2.35. The van der Waals surface area contributed by atoms with E-state index in [2.05, 4.69) is 15.5 Å². The molecule has 2 aromatic rings. The molecule has 0 atom stereocenters. The lowest BCUT2D eigenvalue weighted by atomic mass is 9.82. The van der Waals surface area contributed by atoms with Crippen LogP contribution in [0.25, 0.3) is 0 Å². The number of nitrogens with zero attached hydrogens (tertiary/aromatic N) is 4. The Morgan fingerprint density at radius 2 is 1.74 bits per heavy atom. The lowest BCUT2D eigenvalue weighted by Crippen LogP contribution is -2.49. The predicted octanol–water partition coefficient (Wildman–Crippen LogP) is 3.77. The van der Waals surface area contributed by atoms with Crippen molar-refractivity contribution in [1.82, 2.24) is 20.4 Å². The Labute approximate surface area is 196 Å². The topological polar surface area (TPSA) is 78.4 Å². The minimum Gasteiger partial charge on any atom is -0.352 e. The van der Waals surface area contributed by atoms with Crippen LogP contribution in [0, 0.1) is 5.92 Å². The molecular formula is C24H28F3N5O2. The highest BCUT2D eigenvalue weighted by Gasteiger charge is 2.36. The van der Waals surface area contributed by atoms with Gasteiger partial charge in [0.1, 0.15) is 0 Å². The zero-order valence-electron chi connectivity index (χ0n) is 18.9. The first-order chi connectivity index (χ1) is 16.3. The van der Waals surface area contributed by atoms with Gasteiger partial charge in [-0.05, 0) is 43.0 Å². The van der Waals surface area contributed by atoms with Crippen molar-refractivity contribution in [2.45, 2.75) is 38.3 Å². The zero-order valence-corrected chi connectivity index (χ0v) is 18.9. The lowest BCUT2D eigenvalue weighted by molar-refractivity contribution is -0.138. The van der Waals surface area contributed by atoms with Gasteiger partial charge in [-0.1, -0.05) is 31.4 Å². The highest BCUT2D eigenvalue weighted by molar-refractivity contribution is 5.96. The Morgan fingerprint density at radius 1 is 1.00 bits per heavy atom. The van der Waals surface area contributed by atoms with Gasteiger partial charge in [0.25, 0.3) is 11.8 Å². The monoisotopic (exact) mass is 475 g/mol. The van der Waals surface area contributed by atoms with Gasteiger partial charge in [-0.25, -0.2) is 0 Å². The van der Waals surface area contributed by atoms with Crippen LogP contribution in [0.1, 0.15) is 58.5 Å². The smallest absolute Gasteiger partial charge is 0.352 e. The van der Waals surface area contributed by atoms with Gasteiger partial charge in [0.15, 0.2) is 11.5 Å². The summed E-state index contributed by atoms with van der Waals surface area (Å²) in [5.74, 6) is 0.477. The van der Waals surface area contributed by atoms with E-state index >= 15 is 0 Å². The van der Waals surface area contributed by atoms with Crippen molar-refractivity contribution in [2.24, 2.45) is 5.92 Å². The van der Waals surface area contributed by atoms with Crippen LogP contribution in [-0.2, 0) is 6.18 Å². The van der Waals surface area contributed by atoms with Gasteiger partial charge < -0.3 is 15.1 Å². The molecule has 2 fully saturated rings. The minimum absolute atomic E-state index is 0.241. The maximum Gasteiger partial charge on any atom is 0.417 e. The molecule has 0 radical (unpaired) electrons. The molecule has 1 saturated carbocycles. The molecule has 182 valence electrons. The number of hydrogen-bond acceptors (Lipinski definition) is 5. The van der Waals surface area contributed by atoms with Crippen LogP contribution in [0.3, 0.4) is 0 Å². The SMILES string of the molecule is O=C(NCCCC1CCC1)c1ccc(N2CCN(C(=O)c3ccccc3C(F)(F)F)CC2)nn1. The third kappa shape index (κ3) is 5.66. The molecule has 1 aliphatic carbocycles. The molecule has 2 heterocycles. The fourth-order valence-corrected chi connectivity index (χ4v) is 4.31. The molecule has 2 aliphatic rings. The number of carbonyl (C=O) groups is 2. The second-order valence-electron chi connectivity index (χ2n) is 8.79. The summed E-state index contributed by atoms with van der Waals surface area (Å²) in [5.41, 5.74) is -1.03. The first kappa shape index (κ1) is 24.0. The van der Waals surface area contributed by atoms with Gasteiger partial charge in [0, 0.05) is 32.7 Å². The van der Waals surface area contributed by atoms with E-state index in [-0.39, 0.29) is 30.3 Å². The third-order valence-electron chi connectivity index (χ3n) is 6.54. The summed E-state index contributed by atoms with van der Waals surface area (Å²) in [6, 6.07) is 8.15. The van der Waals surface area contributed by atoms with Crippen molar-refractivity contribution < 1.29 is 22.8 Å². The Kier molecular flexibility index (Phi) is 7.33. The van der Waals surface area contributed by atoms with Crippen molar-refractivity contribution in [3.05, 3.63) is 53.2 Å². The number of anilines is 1. The Bertz CT molecular complexity index is 1000. The minimum atomic E-state index is -4.59. The molecule has 2 amide bonds. The fraction of sp³-hybridized carbons (Fsp3) is 0.500. The van der Waals surface area contributed by atoms with E-state index in [4.69, 9.17) is 0 Å². The van der Waals surface area contributed by atoms with Crippen molar-refractivity contribution in [3.8, 4) is 0 Å². The molecule has 4 rings (SSSR count). The van der Waals surface area contributed by atoms with E-state index in [1.807, 2.05) is 4.90 Å². The van der Waals surface area contributed by atoms with Gasteiger partial charge in [-0.15, -0.1) is 10.2 Å². The van der Waals surface area contributed by atoms with Crippen molar-refractivity contribution in [2.75, 3.05) is 37.6 Å². The fourth-order valence-electron chi connectivity index (χ4n) is 4.31. The summed E-state index contributed by atoms with van der Waals surface area (Å²) >= 11 is 0. The molecule has 7 nitrogen and oxygen atoms in total. The Hall–Kier alpha value is -3.17. The van der Waals surface area contributed by atoms with Gasteiger partial charge in [0.2, 0.25) is 0 Å². The Morgan fingerprint density at radius 3 is 2.35 bits per heavy atom. The van der Waals surface area contributed by atoms with E-state index in [0.29, 0.717) is 25.5 Å². The number of aromatic nitrogens is 2. The molecular weight excluding hydrogens is 447 g/mol.